The Morgan fingerprint density at radius 2 is 1.89 bits per heavy atom. The average Bonchev–Trinajstić information content (AvgIpc) is 2.39. The molecule has 19 heavy (non-hydrogen) atoms. The second kappa shape index (κ2) is 7.05. The first-order valence-electron chi connectivity index (χ1n) is 8.17. The van der Waals surface area contributed by atoms with Crippen LogP contribution in [0.25, 0.3) is 0 Å². The molecule has 0 heterocycles. The van der Waals surface area contributed by atoms with Gasteiger partial charge in [0.05, 0.1) is 6.10 Å². The smallest absolute Gasteiger partial charge is 0.0695 e. The number of likely N-dealkylation sites (N-methyl/N-ethyl adjacent to an activating group) is 1. The van der Waals surface area contributed by atoms with E-state index < -0.39 is 0 Å². The summed E-state index contributed by atoms with van der Waals surface area (Å²) in [6.45, 7) is 3.52. The van der Waals surface area contributed by atoms with Crippen LogP contribution in [0.2, 0.25) is 0 Å². The van der Waals surface area contributed by atoms with Crippen LogP contribution in [0.1, 0.15) is 51.9 Å². The lowest BCUT2D eigenvalue weighted by atomic mass is 9.78. The monoisotopic (exact) mass is 268 g/mol. The quantitative estimate of drug-likeness (QED) is 0.821. The molecule has 112 valence electrons. The number of hydrogen-bond donors (Lipinski definition) is 2. The minimum absolute atomic E-state index is 0.104. The average molecular weight is 268 g/mol. The predicted molar refractivity (Wildman–Crippen MR) is 80.2 cm³/mol. The number of nitrogens with zero attached hydrogens (tertiary/aromatic N) is 1. The molecule has 0 spiro atoms. The Hall–Kier alpha value is -0.120. The molecule has 0 saturated heterocycles. The molecule has 2 aliphatic rings. The molecule has 0 bridgehead atoms. The Kier molecular flexibility index (Phi) is 5.67. The van der Waals surface area contributed by atoms with Gasteiger partial charge in [0.1, 0.15) is 0 Å². The molecule has 0 aliphatic heterocycles. The molecule has 3 heteroatoms. The first kappa shape index (κ1) is 15.3. The largest absolute Gasteiger partial charge is 0.391 e. The number of nitrogens with one attached hydrogen (secondary N) is 1. The van der Waals surface area contributed by atoms with Gasteiger partial charge in [-0.15, -0.1) is 0 Å². The van der Waals surface area contributed by atoms with Crippen LogP contribution in [0, 0.1) is 11.8 Å². The van der Waals surface area contributed by atoms with Crippen LogP contribution < -0.4 is 5.32 Å². The van der Waals surface area contributed by atoms with Gasteiger partial charge in [-0.25, -0.2) is 0 Å². The standard InChI is InChI=1S/C16H32N2O/c1-12-8-9-14(17-2)13(10-12)11-18(3)15-6-4-5-7-16(15)19/h12-17,19H,4-11H2,1-3H3. The Labute approximate surface area is 118 Å². The fourth-order valence-electron chi connectivity index (χ4n) is 4.19. The van der Waals surface area contributed by atoms with Crippen LogP contribution in [0.3, 0.4) is 0 Å². The summed E-state index contributed by atoms with van der Waals surface area (Å²) in [7, 11) is 4.31. The third-order valence-corrected chi connectivity index (χ3v) is 5.40. The Balaban J connectivity index is 1.90. The van der Waals surface area contributed by atoms with E-state index in [1.165, 1.54) is 38.5 Å². The Bertz CT molecular complexity index is 271. The molecule has 0 aromatic heterocycles. The van der Waals surface area contributed by atoms with E-state index in [9.17, 15) is 5.11 Å². The van der Waals surface area contributed by atoms with Crippen molar-refractivity contribution >= 4 is 0 Å². The van der Waals surface area contributed by atoms with Gasteiger partial charge < -0.3 is 15.3 Å². The molecule has 2 fully saturated rings. The third-order valence-electron chi connectivity index (χ3n) is 5.40. The van der Waals surface area contributed by atoms with Gasteiger partial charge >= 0.3 is 0 Å². The van der Waals surface area contributed by atoms with Gasteiger partial charge in [0.25, 0.3) is 0 Å². The lowest BCUT2D eigenvalue weighted by Gasteiger charge is -2.41. The van der Waals surface area contributed by atoms with Crippen LogP contribution in [0.4, 0.5) is 0 Å². The molecular weight excluding hydrogens is 236 g/mol. The summed E-state index contributed by atoms with van der Waals surface area (Å²) in [5, 5.41) is 13.7. The maximum absolute atomic E-state index is 10.2. The van der Waals surface area contributed by atoms with Gasteiger partial charge in [-0.2, -0.15) is 0 Å². The van der Waals surface area contributed by atoms with E-state index in [1.54, 1.807) is 0 Å². The van der Waals surface area contributed by atoms with E-state index in [4.69, 9.17) is 0 Å². The van der Waals surface area contributed by atoms with Crippen molar-refractivity contribution in [2.75, 3.05) is 20.6 Å². The van der Waals surface area contributed by atoms with Crippen molar-refractivity contribution in [3.8, 4) is 0 Å². The zero-order chi connectivity index (χ0) is 13.8. The number of aliphatic hydroxyl groups excluding tert-OH is 1. The van der Waals surface area contributed by atoms with Crippen LogP contribution in [-0.2, 0) is 0 Å². The van der Waals surface area contributed by atoms with Crippen molar-refractivity contribution in [2.45, 2.75) is 70.1 Å². The van der Waals surface area contributed by atoms with Gasteiger partial charge in [-0.1, -0.05) is 19.8 Å². The highest BCUT2D eigenvalue weighted by Gasteiger charge is 2.32. The highest BCUT2D eigenvalue weighted by molar-refractivity contribution is 4.88. The first-order chi connectivity index (χ1) is 9.11. The molecule has 2 saturated carbocycles. The molecule has 2 rings (SSSR count). The summed E-state index contributed by atoms with van der Waals surface area (Å²) in [6.07, 6.45) is 8.54. The van der Waals surface area contributed by atoms with E-state index in [1.807, 2.05) is 0 Å². The normalized spacial score (nSPS) is 40.6. The molecule has 2 N–H and O–H groups in total. The van der Waals surface area contributed by atoms with Crippen molar-refractivity contribution in [2.24, 2.45) is 11.8 Å². The highest BCUT2D eigenvalue weighted by atomic mass is 16.3. The van der Waals surface area contributed by atoms with Gasteiger partial charge in [0, 0.05) is 18.6 Å². The van der Waals surface area contributed by atoms with Crippen LogP contribution in [-0.4, -0.2) is 48.8 Å². The summed E-state index contributed by atoms with van der Waals surface area (Å²) in [5.74, 6) is 1.60. The minimum Gasteiger partial charge on any atom is -0.391 e. The van der Waals surface area contributed by atoms with Gasteiger partial charge in [-0.3, -0.25) is 0 Å². The van der Waals surface area contributed by atoms with Gasteiger partial charge in [0.15, 0.2) is 0 Å². The van der Waals surface area contributed by atoms with E-state index in [0.717, 1.165) is 24.8 Å². The molecule has 2 aliphatic carbocycles. The molecule has 0 aromatic rings. The molecule has 5 unspecified atom stereocenters. The maximum Gasteiger partial charge on any atom is 0.0695 e. The van der Waals surface area contributed by atoms with E-state index in [-0.39, 0.29) is 6.10 Å². The van der Waals surface area contributed by atoms with Crippen molar-refractivity contribution < 1.29 is 5.11 Å². The van der Waals surface area contributed by atoms with E-state index >= 15 is 0 Å². The topological polar surface area (TPSA) is 35.5 Å². The summed E-state index contributed by atoms with van der Waals surface area (Å²) in [5.41, 5.74) is 0. The van der Waals surface area contributed by atoms with Gasteiger partial charge in [0.2, 0.25) is 0 Å². The van der Waals surface area contributed by atoms with Crippen LogP contribution >= 0.6 is 0 Å². The SMILES string of the molecule is CNC1CCC(C)CC1CN(C)C1CCCCC1O. The van der Waals surface area contributed by atoms with Crippen molar-refractivity contribution in [1.82, 2.24) is 10.2 Å². The number of rotatable bonds is 4. The summed E-state index contributed by atoms with van der Waals surface area (Å²) in [4.78, 5) is 2.44. The molecule has 0 aromatic carbocycles. The van der Waals surface area contributed by atoms with Crippen molar-refractivity contribution in [1.29, 1.82) is 0 Å². The summed E-state index contributed by atoms with van der Waals surface area (Å²) >= 11 is 0. The number of aliphatic hydroxyl groups is 1. The van der Waals surface area contributed by atoms with Gasteiger partial charge in [-0.05, 0) is 58.0 Å². The summed E-state index contributed by atoms with van der Waals surface area (Å²) in [6, 6.07) is 1.06. The van der Waals surface area contributed by atoms with Crippen LogP contribution in [0.15, 0.2) is 0 Å². The Morgan fingerprint density at radius 1 is 1.16 bits per heavy atom. The fourth-order valence-corrected chi connectivity index (χ4v) is 4.19. The first-order valence-corrected chi connectivity index (χ1v) is 8.17. The van der Waals surface area contributed by atoms with Crippen molar-refractivity contribution in [3.63, 3.8) is 0 Å². The molecular formula is C16H32N2O. The predicted octanol–water partition coefficient (Wildman–Crippen LogP) is 2.25. The fraction of sp³-hybridized carbons (Fsp3) is 1.00. The van der Waals surface area contributed by atoms with Crippen molar-refractivity contribution in [3.05, 3.63) is 0 Å². The maximum atomic E-state index is 10.2. The second-order valence-corrected chi connectivity index (χ2v) is 6.93. The summed E-state index contributed by atoms with van der Waals surface area (Å²) < 4.78 is 0. The molecule has 0 amide bonds. The minimum atomic E-state index is -0.104. The Morgan fingerprint density at radius 3 is 2.58 bits per heavy atom. The third kappa shape index (κ3) is 3.93. The van der Waals surface area contributed by atoms with E-state index in [2.05, 4.69) is 31.2 Å². The highest BCUT2D eigenvalue weighted by Crippen LogP contribution is 2.31. The van der Waals surface area contributed by atoms with E-state index in [0.29, 0.717) is 12.1 Å². The second-order valence-electron chi connectivity index (χ2n) is 6.93. The van der Waals surface area contributed by atoms with Crippen LogP contribution in [0.5, 0.6) is 0 Å². The zero-order valence-electron chi connectivity index (χ0n) is 12.9. The zero-order valence-corrected chi connectivity index (χ0v) is 12.9. The number of hydrogen-bond acceptors (Lipinski definition) is 3. The lowest BCUT2D eigenvalue weighted by molar-refractivity contribution is 0.0181. The molecule has 5 atom stereocenters. The molecule has 0 radical (unpaired) electrons. The lowest BCUT2D eigenvalue weighted by Crippen LogP contribution is -2.49. The molecule has 3 nitrogen and oxygen atoms in total.